The Morgan fingerprint density at radius 2 is 0.930 bits per heavy atom. The Labute approximate surface area is 249 Å². The molecule has 0 bridgehead atoms. The van der Waals surface area contributed by atoms with Crippen LogP contribution in [0.4, 0.5) is 0 Å². The van der Waals surface area contributed by atoms with Gasteiger partial charge in [-0.05, 0) is 42.0 Å². The quantitative estimate of drug-likeness (QED) is 0.214. The van der Waals surface area contributed by atoms with Crippen molar-refractivity contribution < 1.29 is 4.42 Å². The minimum absolute atomic E-state index is 0.814. The third kappa shape index (κ3) is 4.55. The molecule has 8 rings (SSSR count). The molecule has 0 unspecified atom stereocenters. The van der Waals surface area contributed by atoms with Crippen LogP contribution in [0.2, 0.25) is 0 Å². The molecule has 0 N–H and O–H groups in total. The van der Waals surface area contributed by atoms with Crippen molar-refractivity contribution in [1.82, 2.24) is 15.0 Å². The third-order valence-electron chi connectivity index (χ3n) is 7.77. The molecule has 0 atom stereocenters. The lowest BCUT2D eigenvalue weighted by Crippen LogP contribution is -2.01. The molecule has 0 spiro atoms. The van der Waals surface area contributed by atoms with Gasteiger partial charge in [0.25, 0.3) is 0 Å². The van der Waals surface area contributed by atoms with E-state index in [1.165, 1.54) is 0 Å². The average Bonchev–Trinajstić information content (AvgIpc) is 3.47. The summed E-state index contributed by atoms with van der Waals surface area (Å²) in [4.78, 5) is 15.2. The minimum atomic E-state index is 0.814. The molecule has 4 nitrogen and oxygen atoms in total. The van der Waals surface area contributed by atoms with E-state index >= 15 is 0 Å². The van der Waals surface area contributed by atoms with Crippen molar-refractivity contribution in [3.8, 4) is 56.2 Å². The summed E-state index contributed by atoms with van der Waals surface area (Å²) in [5.41, 5.74) is 11.1. The van der Waals surface area contributed by atoms with E-state index in [-0.39, 0.29) is 0 Å². The number of rotatable bonds is 5. The zero-order chi connectivity index (χ0) is 28.6. The molecule has 8 aromatic rings. The molecule has 43 heavy (non-hydrogen) atoms. The molecule has 0 aliphatic carbocycles. The Kier molecular flexibility index (Phi) is 6.08. The summed E-state index contributed by atoms with van der Waals surface area (Å²) in [5.74, 6) is 0. The molecule has 3 aromatic heterocycles. The summed E-state index contributed by atoms with van der Waals surface area (Å²) in [7, 11) is 0. The van der Waals surface area contributed by atoms with Crippen LogP contribution in [0.15, 0.2) is 156 Å². The Hall–Kier alpha value is -5.87. The summed E-state index contributed by atoms with van der Waals surface area (Å²) in [5, 5.41) is 2.13. The molecule has 0 aliphatic rings. The van der Waals surface area contributed by atoms with Crippen molar-refractivity contribution >= 4 is 21.9 Å². The Morgan fingerprint density at radius 3 is 1.63 bits per heavy atom. The summed E-state index contributed by atoms with van der Waals surface area (Å²) in [6.07, 6.45) is 3.68. The van der Waals surface area contributed by atoms with Gasteiger partial charge in [-0.15, -0.1) is 0 Å². The van der Waals surface area contributed by atoms with Crippen LogP contribution < -0.4 is 0 Å². The van der Waals surface area contributed by atoms with Crippen molar-refractivity contribution in [3.63, 3.8) is 0 Å². The van der Waals surface area contributed by atoms with Gasteiger partial charge in [0.05, 0.1) is 22.8 Å². The number of aromatic nitrogens is 3. The van der Waals surface area contributed by atoms with Crippen LogP contribution in [0.5, 0.6) is 0 Å². The molecule has 5 aromatic carbocycles. The first-order valence-electron chi connectivity index (χ1n) is 14.3. The van der Waals surface area contributed by atoms with Crippen LogP contribution in [0.3, 0.4) is 0 Å². The van der Waals surface area contributed by atoms with E-state index in [9.17, 15) is 0 Å². The van der Waals surface area contributed by atoms with E-state index in [0.717, 1.165) is 78.1 Å². The first-order chi connectivity index (χ1) is 21.3. The van der Waals surface area contributed by atoms with Gasteiger partial charge in [-0.25, -0.2) is 9.97 Å². The van der Waals surface area contributed by atoms with Gasteiger partial charge >= 0.3 is 0 Å². The van der Waals surface area contributed by atoms with Gasteiger partial charge in [0.1, 0.15) is 11.2 Å². The maximum absolute atomic E-state index is 6.15. The van der Waals surface area contributed by atoms with Crippen molar-refractivity contribution in [2.24, 2.45) is 0 Å². The van der Waals surface area contributed by atoms with Gasteiger partial charge in [-0.2, -0.15) is 0 Å². The van der Waals surface area contributed by atoms with Crippen LogP contribution in [0, 0.1) is 0 Å². The summed E-state index contributed by atoms with van der Waals surface area (Å²) < 4.78 is 6.15. The van der Waals surface area contributed by atoms with Gasteiger partial charge in [-0.1, -0.05) is 103 Å². The predicted molar refractivity (Wildman–Crippen MR) is 174 cm³/mol. The van der Waals surface area contributed by atoms with E-state index in [0.29, 0.717) is 0 Å². The van der Waals surface area contributed by atoms with Crippen molar-refractivity contribution in [2.45, 2.75) is 0 Å². The largest absolute Gasteiger partial charge is 0.456 e. The zero-order valence-electron chi connectivity index (χ0n) is 23.2. The van der Waals surface area contributed by atoms with E-state index in [1.807, 2.05) is 72.9 Å². The van der Waals surface area contributed by atoms with Crippen molar-refractivity contribution in [3.05, 3.63) is 152 Å². The van der Waals surface area contributed by atoms with Gasteiger partial charge in [0.2, 0.25) is 0 Å². The van der Waals surface area contributed by atoms with Gasteiger partial charge < -0.3 is 4.42 Å². The number of pyridine rings is 1. The molecule has 0 amide bonds. The Morgan fingerprint density at radius 1 is 0.372 bits per heavy atom. The molecule has 0 saturated carbocycles. The second kappa shape index (κ2) is 10.5. The highest BCUT2D eigenvalue weighted by Crippen LogP contribution is 2.40. The SMILES string of the molecule is c1ccc(-c2nc(-c3cccc(-c4cccnc4)c3)c(-c3ccc4oc5ccccc5c4c3)nc2-c2ccccc2)cc1. The predicted octanol–water partition coefficient (Wildman–Crippen LogP) is 10.1. The smallest absolute Gasteiger partial charge is 0.135 e. The number of nitrogens with zero attached hydrogens (tertiary/aromatic N) is 3. The molecule has 202 valence electrons. The number of fused-ring (bicyclic) bond motifs is 3. The van der Waals surface area contributed by atoms with Crippen LogP contribution in [-0.2, 0) is 0 Å². The number of hydrogen-bond acceptors (Lipinski definition) is 4. The topological polar surface area (TPSA) is 51.8 Å². The maximum atomic E-state index is 6.15. The fourth-order valence-corrected chi connectivity index (χ4v) is 5.69. The molecular weight excluding hydrogens is 526 g/mol. The molecular formula is C39H25N3O. The van der Waals surface area contributed by atoms with Crippen LogP contribution in [-0.4, -0.2) is 15.0 Å². The van der Waals surface area contributed by atoms with Crippen LogP contribution in [0.25, 0.3) is 78.1 Å². The third-order valence-corrected chi connectivity index (χ3v) is 7.77. The summed E-state index contributed by atoms with van der Waals surface area (Å²) >= 11 is 0. The Balaban J connectivity index is 1.43. The fourth-order valence-electron chi connectivity index (χ4n) is 5.69. The lowest BCUT2D eigenvalue weighted by Gasteiger charge is -2.16. The first kappa shape index (κ1) is 24.9. The maximum Gasteiger partial charge on any atom is 0.135 e. The van der Waals surface area contributed by atoms with E-state index in [1.54, 1.807) is 6.20 Å². The second-order valence-corrected chi connectivity index (χ2v) is 10.5. The number of benzene rings is 5. The fraction of sp³-hybridized carbons (Fsp3) is 0. The molecule has 4 heteroatoms. The highest BCUT2D eigenvalue weighted by molar-refractivity contribution is 6.06. The molecule has 0 radical (unpaired) electrons. The van der Waals surface area contributed by atoms with Crippen LogP contribution in [0.1, 0.15) is 0 Å². The van der Waals surface area contributed by atoms with E-state index in [2.05, 4.69) is 77.8 Å². The molecule has 0 saturated heterocycles. The van der Waals surface area contributed by atoms with E-state index < -0.39 is 0 Å². The molecule has 0 aliphatic heterocycles. The average molecular weight is 552 g/mol. The van der Waals surface area contributed by atoms with Crippen molar-refractivity contribution in [2.75, 3.05) is 0 Å². The van der Waals surface area contributed by atoms with Crippen LogP contribution >= 0.6 is 0 Å². The highest BCUT2D eigenvalue weighted by Gasteiger charge is 2.20. The Bertz CT molecular complexity index is 2220. The number of para-hydroxylation sites is 1. The van der Waals surface area contributed by atoms with Gasteiger partial charge in [0.15, 0.2) is 0 Å². The number of hydrogen-bond donors (Lipinski definition) is 0. The normalized spacial score (nSPS) is 11.3. The highest BCUT2D eigenvalue weighted by atomic mass is 16.3. The zero-order valence-corrected chi connectivity index (χ0v) is 23.2. The minimum Gasteiger partial charge on any atom is -0.456 e. The second-order valence-electron chi connectivity index (χ2n) is 10.5. The van der Waals surface area contributed by atoms with Gasteiger partial charge in [0, 0.05) is 51.0 Å². The monoisotopic (exact) mass is 551 g/mol. The molecule has 3 heterocycles. The summed E-state index contributed by atoms with van der Waals surface area (Å²) in [6.45, 7) is 0. The van der Waals surface area contributed by atoms with Crippen molar-refractivity contribution in [1.29, 1.82) is 0 Å². The lowest BCUT2D eigenvalue weighted by molar-refractivity contribution is 0.669. The van der Waals surface area contributed by atoms with E-state index in [4.69, 9.17) is 14.4 Å². The molecule has 0 fully saturated rings. The standard InChI is InChI=1S/C39H25N3O/c1-3-11-26(12-4-1)36-37(27-13-5-2-6-14-27)42-39(30-20-21-35-33(24-30)32-18-7-8-19-34(32)43-35)38(41-36)29-16-9-15-28(23-29)31-17-10-22-40-25-31/h1-25H. The first-order valence-corrected chi connectivity index (χ1v) is 14.3. The lowest BCUT2D eigenvalue weighted by atomic mass is 9.97. The number of furan rings is 1. The van der Waals surface area contributed by atoms with Gasteiger partial charge in [-0.3, -0.25) is 4.98 Å². The summed E-state index contributed by atoms with van der Waals surface area (Å²) in [6, 6.07) is 47.5.